The van der Waals surface area contributed by atoms with Crippen LogP contribution in [0.5, 0.6) is 0 Å². The Morgan fingerprint density at radius 2 is 1.95 bits per heavy atom. The highest BCUT2D eigenvalue weighted by atomic mass is 19.1. The van der Waals surface area contributed by atoms with Crippen LogP contribution in [0, 0.1) is 5.82 Å². The first-order valence-corrected chi connectivity index (χ1v) is 6.87. The lowest BCUT2D eigenvalue weighted by Gasteiger charge is -2.35. The summed E-state index contributed by atoms with van der Waals surface area (Å²) in [6, 6.07) is 8.25. The van der Waals surface area contributed by atoms with Gasteiger partial charge >= 0.3 is 0 Å². The van der Waals surface area contributed by atoms with E-state index in [2.05, 4.69) is 9.88 Å². The van der Waals surface area contributed by atoms with Gasteiger partial charge in [-0.25, -0.2) is 9.37 Å². The third kappa shape index (κ3) is 2.80. The maximum absolute atomic E-state index is 13.1. The molecule has 1 fully saturated rings. The normalized spacial score (nSPS) is 15.5. The van der Waals surface area contributed by atoms with Crippen LogP contribution in [0.15, 0.2) is 30.3 Å². The summed E-state index contributed by atoms with van der Waals surface area (Å²) in [6.07, 6.45) is 0. The van der Waals surface area contributed by atoms with Crippen molar-refractivity contribution < 1.29 is 14.3 Å². The van der Waals surface area contributed by atoms with Crippen molar-refractivity contribution in [2.24, 2.45) is 0 Å². The molecule has 2 heterocycles. The van der Waals surface area contributed by atoms with Gasteiger partial charge in [-0.05, 0) is 30.3 Å². The van der Waals surface area contributed by atoms with Crippen LogP contribution < -0.4 is 4.90 Å². The molecule has 5 nitrogen and oxygen atoms in total. The quantitative estimate of drug-likeness (QED) is 0.896. The van der Waals surface area contributed by atoms with E-state index in [-0.39, 0.29) is 11.7 Å². The number of benzene rings is 1. The smallest absolute Gasteiger partial charge is 0.248 e. The van der Waals surface area contributed by atoms with Crippen LogP contribution >= 0.6 is 0 Å². The number of carbonyl (C=O) groups excluding carboxylic acids is 1. The maximum atomic E-state index is 13.1. The maximum Gasteiger partial charge on any atom is 0.248 e. The molecule has 0 aliphatic carbocycles. The van der Waals surface area contributed by atoms with Gasteiger partial charge < -0.3 is 14.9 Å². The fourth-order valence-corrected chi connectivity index (χ4v) is 2.55. The SMILES string of the molecule is O=C(CO)N1CCN(c2ccc3cc(F)ccc3n2)CC1. The summed E-state index contributed by atoms with van der Waals surface area (Å²) >= 11 is 0. The Labute approximate surface area is 121 Å². The number of aliphatic hydroxyl groups is 1. The van der Waals surface area contributed by atoms with Crippen LogP contribution in [0.3, 0.4) is 0 Å². The van der Waals surface area contributed by atoms with Crippen molar-refractivity contribution >= 4 is 22.6 Å². The monoisotopic (exact) mass is 289 g/mol. The number of aromatic nitrogens is 1. The molecule has 1 N–H and O–H groups in total. The number of amides is 1. The highest BCUT2D eigenvalue weighted by Gasteiger charge is 2.21. The number of rotatable bonds is 2. The number of halogens is 1. The van der Waals surface area contributed by atoms with E-state index in [1.165, 1.54) is 12.1 Å². The highest BCUT2D eigenvalue weighted by molar-refractivity contribution is 5.80. The number of hydrogen-bond donors (Lipinski definition) is 1. The number of anilines is 1. The molecular formula is C15H16FN3O2. The Kier molecular flexibility index (Phi) is 3.70. The number of fused-ring (bicyclic) bond motifs is 1. The van der Waals surface area contributed by atoms with Gasteiger partial charge in [0, 0.05) is 31.6 Å². The molecule has 0 saturated carbocycles. The molecule has 21 heavy (non-hydrogen) atoms. The molecule has 3 rings (SSSR count). The fourth-order valence-electron chi connectivity index (χ4n) is 2.55. The Morgan fingerprint density at radius 3 is 2.67 bits per heavy atom. The van der Waals surface area contributed by atoms with Crippen molar-refractivity contribution in [3.8, 4) is 0 Å². The lowest BCUT2D eigenvalue weighted by Crippen LogP contribution is -2.49. The molecule has 0 bridgehead atoms. The minimum atomic E-state index is -0.445. The second-order valence-electron chi connectivity index (χ2n) is 5.03. The second-order valence-corrected chi connectivity index (χ2v) is 5.03. The lowest BCUT2D eigenvalue weighted by molar-refractivity contribution is -0.134. The van der Waals surface area contributed by atoms with E-state index in [0.717, 1.165) is 16.7 Å². The van der Waals surface area contributed by atoms with E-state index < -0.39 is 6.61 Å². The predicted molar refractivity (Wildman–Crippen MR) is 77.6 cm³/mol. The van der Waals surface area contributed by atoms with E-state index >= 15 is 0 Å². The van der Waals surface area contributed by atoms with Gasteiger partial charge in [0.05, 0.1) is 5.52 Å². The topological polar surface area (TPSA) is 56.7 Å². The molecule has 0 spiro atoms. The van der Waals surface area contributed by atoms with Gasteiger partial charge in [-0.2, -0.15) is 0 Å². The Bertz CT molecular complexity index is 669. The third-order valence-corrected chi connectivity index (χ3v) is 3.73. The van der Waals surface area contributed by atoms with E-state index in [4.69, 9.17) is 5.11 Å². The largest absolute Gasteiger partial charge is 0.387 e. The minimum Gasteiger partial charge on any atom is -0.387 e. The Hall–Kier alpha value is -2.21. The zero-order valence-corrected chi connectivity index (χ0v) is 11.5. The van der Waals surface area contributed by atoms with Gasteiger partial charge in [-0.3, -0.25) is 4.79 Å². The molecule has 0 radical (unpaired) electrons. The van der Waals surface area contributed by atoms with E-state index in [1.807, 2.05) is 12.1 Å². The second kappa shape index (κ2) is 5.65. The number of pyridine rings is 1. The van der Waals surface area contributed by atoms with Crippen molar-refractivity contribution in [3.05, 3.63) is 36.1 Å². The first-order valence-electron chi connectivity index (χ1n) is 6.87. The Balaban J connectivity index is 1.76. The molecule has 0 unspecified atom stereocenters. The van der Waals surface area contributed by atoms with Gasteiger partial charge in [-0.1, -0.05) is 0 Å². The molecule has 0 atom stereocenters. The molecule has 2 aromatic rings. The van der Waals surface area contributed by atoms with E-state index in [9.17, 15) is 9.18 Å². The molecular weight excluding hydrogens is 273 g/mol. The van der Waals surface area contributed by atoms with Crippen LogP contribution in [-0.2, 0) is 4.79 Å². The summed E-state index contributed by atoms with van der Waals surface area (Å²) in [5.41, 5.74) is 0.753. The molecule has 110 valence electrons. The van der Waals surface area contributed by atoms with Crippen LogP contribution in [-0.4, -0.2) is 53.7 Å². The summed E-state index contributed by atoms with van der Waals surface area (Å²) in [4.78, 5) is 19.7. The van der Waals surface area contributed by atoms with E-state index in [0.29, 0.717) is 26.2 Å². The molecule has 1 aromatic carbocycles. The Morgan fingerprint density at radius 1 is 1.19 bits per heavy atom. The predicted octanol–water partition coefficient (Wildman–Crippen LogP) is 1.01. The number of piperazine rings is 1. The van der Waals surface area contributed by atoms with Gasteiger partial charge in [-0.15, -0.1) is 0 Å². The molecule has 1 aromatic heterocycles. The molecule has 1 aliphatic rings. The highest BCUT2D eigenvalue weighted by Crippen LogP contribution is 2.20. The molecule has 1 amide bonds. The average molecular weight is 289 g/mol. The van der Waals surface area contributed by atoms with Crippen molar-refractivity contribution in [1.29, 1.82) is 0 Å². The van der Waals surface area contributed by atoms with Gasteiger partial charge in [0.2, 0.25) is 5.91 Å². The third-order valence-electron chi connectivity index (χ3n) is 3.73. The van der Waals surface area contributed by atoms with Gasteiger partial charge in [0.25, 0.3) is 0 Å². The van der Waals surface area contributed by atoms with Crippen molar-refractivity contribution in [2.45, 2.75) is 0 Å². The molecule has 1 saturated heterocycles. The van der Waals surface area contributed by atoms with Crippen molar-refractivity contribution in [3.63, 3.8) is 0 Å². The van der Waals surface area contributed by atoms with Crippen LogP contribution in [0.4, 0.5) is 10.2 Å². The van der Waals surface area contributed by atoms with Crippen LogP contribution in [0.1, 0.15) is 0 Å². The molecule has 6 heteroatoms. The van der Waals surface area contributed by atoms with Gasteiger partial charge in [0.15, 0.2) is 0 Å². The zero-order valence-electron chi connectivity index (χ0n) is 11.5. The summed E-state index contributed by atoms with van der Waals surface area (Å²) in [5.74, 6) is 0.315. The summed E-state index contributed by atoms with van der Waals surface area (Å²) in [6.45, 7) is 2.04. The number of hydrogen-bond acceptors (Lipinski definition) is 4. The van der Waals surface area contributed by atoms with E-state index in [1.54, 1.807) is 11.0 Å². The first kappa shape index (κ1) is 13.8. The number of aliphatic hydroxyl groups excluding tert-OH is 1. The van der Waals surface area contributed by atoms with Crippen LogP contribution in [0.2, 0.25) is 0 Å². The van der Waals surface area contributed by atoms with Crippen molar-refractivity contribution in [2.75, 3.05) is 37.7 Å². The first-order chi connectivity index (χ1) is 10.2. The van der Waals surface area contributed by atoms with Gasteiger partial charge in [0.1, 0.15) is 18.2 Å². The standard InChI is InChI=1S/C15H16FN3O2/c16-12-2-3-13-11(9-12)1-4-14(17-13)18-5-7-19(8-6-18)15(21)10-20/h1-4,9,20H,5-8,10H2. The average Bonchev–Trinajstić information content (AvgIpc) is 2.53. The fraction of sp³-hybridized carbons (Fsp3) is 0.333. The summed E-state index contributed by atoms with van der Waals surface area (Å²) in [5, 5.41) is 9.63. The number of carbonyl (C=O) groups is 1. The summed E-state index contributed by atoms with van der Waals surface area (Å²) in [7, 11) is 0. The van der Waals surface area contributed by atoms with Crippen LogP contribution in [0.25, 0.3) is 10.9 Å². The molecule has 1 aliphatic heterocycles. The summed E-state index contributed by atoms with van der Waals surface area (Å²) < 4.78 is 13.1. The zero-order chi connectivity index (χ0) is 14.8. The minimum absolute atomic E-state index is 0.239. The van der Waals surface area contributed by atoms with Crippen molar-refractivity contribution in [1.82, 2.24) is 9.88 Å². The number of nitrogens with zero attached hydrogens (tertiary/aromatic N) is 3. The lowest BCUT2D eigenvalue weighted by atomic mass is 10.2.